The Hall–Kier alpha value is -1.51. The molecule has 0 atom stereocenters. The third kappa shape index (κ3) is 0.863. The van der Waals surface area contributed by atoms with E-state index in [1.165, 1.54) is 0 Å². The van der Waals surface area contributed by atoms with E-state index in [9.17, 15) is 0 Å². The molecule has 0 radical (unpaired) electrons. The Kier molecular flexibility index (Phi) is 0.943. The van der Waals surface area contributed by atoms with Crippen LogP contribution in [0.3, 0.4) is 0 Å². The summed E-state index contributed by atoms with van der Waals surface area (Å²) in [5, 5.41) is 7.35. The van der Waals surface area contributed by atoms with Gasteiger partial charge in [-0.2, -0.15) is 5.10 Å². The molecule has 12 heavy (non-hydrogen) atoms. The van der Waals surface area contributed by atoms with Crippen LogP contribution in [0, 0.1) is 0 Å². The van der Waals surface area contributed by atoms with Gasteiger partial charge in [0.05, 0.1) is 5.52 Å². The van der Waals surface area contributed by atoms with Gasteiger partial charge in [0.2, 0.25) is 0 Å². The van der Waals surface area contributed by atoms with Crippen molar-refractivity contribution < 1.29 is 4.11 Å². The highest BCUT2D eigenvalue weighted by Crippen LogP contribution is 2.20. The summed E-state index contributed by atoms with van der Waals surface area (Å²) in [6.07, 6.45) is 0. The highest BCUT2D eigenvalue weighted by Gasteiger charge is 2.03. The van der Waals surface area contributed by atoms with E-state index in [0.29, 0.717) is 5.82 Å². The Labute approximate surface area is 75.2 Å². The molecule has 1 N–H and O–H groups in total. The maximum atomic E-state index is 7.13. The van der Waals surface area contributed by atoms with Crippen molar-refractivity contribution in [3.05, 3.63) is 24.3 Å². The van der Waals surface area contributed by atoms with Gasteiger partial charge in [-0.15, -0.1) is 0 Å². The second-order valence-corrected chi connectivity index (χ2v) is 2.61. The lowest BCUT2D eigenvalue weighted by atomic mass is 10.2. The van der Waals surface area contributed by atoms with E-state index < -0.39 is 6.98 Å². The van der Waals surface area contributed by atoms with Gasteiger partial charge in [0.1, 0.15) is 0 Å². The Morgan fingerprint density at radius 1 is 1.50 bits per heavy atom. The van der Waals surface area contributed by atoms with Crippen molar-refractivity contribution in [3.8, 4) is 0 Å². The molecule has 0 aliphatic heterocycles. The number of aryl methyl sites for hydroxylation is 1. The molecular weight excluding hydrogens is 150 g/mol. The van der Waals surface area contributed by atoms with Crippen LogP contribution in [0.25, 0.3) is 10.9 Å². The van der Waals surface area contributed by atoms with Crippen LogP contribution in [-0.2, 0) is 7.05 Å². The minimum absolute atomic E-state index is 0.396. The topological polar surface area (TPSA) is 29.9 Å². The molecule has 0 fully saturated rings. The third-order valence-electron chi connectivity index (χ3n) is 1.88. The fourth-order valence-corrected chi connectivity index (χ4v) is 1.31. The summed E-state index contributed by atoms with van der Waals surface area (Å²) >= 11 is 0. The van der Waals surface area contributed by atoms with Crippen LogP contribution >= 0.6 is 0 Å². The fraction of sp³-hybridized carbons (Fsp3) is 0.222. The number of para-hydroxylation sites is 1. The first kappa shape index (κ1) is 4.50. The van der Waals surface area contributed by atoms with Gasteiger partial charge < -0.3 is 5.32 Å². The average Bonchev–Trinajstić information content (AvgIpc) is 2.42. The summed E-state index contributed by atoms with van der Waals surface area (Å²) in [6, 6.07) is 7.49. The number of rotatable bonds is 1. The summed E-state index contributed by atoms with van der Waals surface area (Å²) in [7, 11) is 1.78. The summed E-state index contributed by atoms with van der Waals surface area (Å²) in [4.78, 5) is 0. The predicted octanol–water partition coefficient (Wildman–Crippen LogP) is 1.61. The lowest BCUT2D eigenvalue weighted by Gasteiger charge is -1.91. The first-order chi connectivity index (χ1) is 6.97. The zero-order valence-corrected chi connectivity index (χ0v) is 6.70. The van der Waals surface area contributed by atoms with Crippen LogP contribution in [0.1, 0.15) is 4.11 Å². The monoisotopic (exact) mass is 164 g/mol. The van der Waals surface area contributed by atoms with Crippen molar-refractivity contribution in [2.24, 2.45) is 7.05 Å². The van der Waals surface area contributed by atoms with Crippen molar-refractivity contribution in [1.82, 2.24) is 9.78 Å². The van der Waals surface area contributed by atoms with Crippen LogP contribution in [0.2, 0.25) is 0 Å². The molecule has 0 amide bonds. The summed E-state index contributed by atoms with van der Waals surface area (Å²) in [5.74, 6) is 0.396. The lowest BCUT2D eigenvalue weighted by molar-refractivity contribution is 0.800. The molecule has 3 heteroatoms. The van der Waals surface area contributed by atoms with Crippen molar-refractivity contribution >= 4 is 16.7 Å². The second kappa shape index (κ2) is 2.52. The predicted molar refractivity (Wildman–Crippen MR) is 50.3 cm³/mol. The molecule has 0 spiro atoms. The molecule has 0 unspecified atom stereocenters. The largest absolute Gasteiger partial charge is 0.371 e. The minimum Gasteiger partial charge on any atom is -0.371 e. The van der Waals surface area contributed by atoms with Crippen molar-refractivity contribution in [1.29, 1.82) is 0 Å². The zero-order valence-electron chi connectivity index (χ0n) is 9.70. The number of aromatic nitrogens is 2. The number of fused-ring (bicyclic) bond motifs is 1. The summed E-state index contributed by atoms with van der Waals surface area (Å²) < 4.78 is 23.0. The number of hydrogen-bond acceptors (Lipinski definition) is 2. The van der Waals surface area contributed by atoms with Crippen molar-refractivity contribution in [2.75, 3.05) is 12.3 Å². The van der Waals surface area contributed by atoms with Gasteiger partial charge in [-0.1, -0.05) is 12.1 Å². The molecule has 2 rings (SSSR count). The van der Waals surface area contributed by atoms with E-state index in [-0.39, 0.29) is 0 Å². The molecule has 3 nitrogen and oxygen atoms in total. The van der Waals surface area contributed by atoms with Gasteiger partial charge >= 0.3 is 0 Å². The van der Waals surface area contributed by atoms with E-state index in [0.717, 1.165) is 10.9 Å². The Bertz CT molecular complexity index is 487. The number of hydrogen-bond donors (Lipinski definition) is 1. The summed E-state index contributed by atoms with van der Waals surface area (Å²) in [5.41, 5.74) is 0.907. The highest BCUT2D eigenvalue weighted by atomic mass is 15.3. The molecule has 0 aliphatic carbocycles. The molecule has 1 aromatic carbocycles. The molecule has 62 valence electrons. The number of benzene rings is 1. The van der Waals surface area contributed by atoms with E-state index in [1.54, 1.807) is 11.7 Å². The average molecular weight is 164 g/mol. The zero-order chi connectivity index (χ0) is 11.1. The van der Waals surface area contributed by atoms with Gasteiger partial charge in [0, 0.05) is 23.5 Å². The van der Waals surface area contributed by atoms with Gasteiger partial charge in [-0.25, -0.2) is 0 Å². The Morgan fingerprint density at radius 3 is 3.17 bits per heavy atom. The SMILES string of the molecule is [2H]C([2H])([2H])Nc1nn(C)c2ccccc12. The molecule has 0 bridgehead atoms. The van der Waals surface area contributed by atoms with Gasteiger partial charge in [-0.3, -0.25) is 4.68 Å². The van der Waals surface area contributed by atoms with Crippen LogP contribution in [0.15, 0.2) is 24.3 Å². The molecular formula is C9H11N3. The van der Waals surface area contributed by atoms with Crippen molar-refractivity contribution in [2.45, 2.75) is 0 Å². The molecule has 0 saturated heterocycles. The third-order valence-corrected chi connectivity index (χ3v) is 1.88. The van der Waals surface area contributed by atoms with E-state index in [2.05, 4.69) is 10.4 Å². The van der Waals surface area contributed by atoms with E-state index >= 15 is 0 Å². The maximum absolute atomic E-state index is 7.13. The number of nitrogens with one attached hydrogen (secondary N) is 1. The second-order valence-electron chi connectivity index (χ2n) is 2.61. The highest BCUT2D eigenvalue weighted by molar-refractivity contribution is 5.89. The van der Waals surface area contributed by atoms with Crippen LogP contribution in [0.5, 0.6) is 0 Å². The smallest absolute Gasteiger partial charge is 0.155 e. The van der Waals surface area contributed by atoms with E-state index in [4.69, 9.17) is 4.11 Å². The fourth-order valence-electron chi connectivity index (χ4n) is 1.31. The molecule has 1 aromatic heterocycles. The molecule has 0 aliphatic rings. The molecule has 2 aromatic rings. The summed E-state index contributed by atoms with van der Waals surface area (Å²) in [6.45, 7) is -2.21. The Morgan fingerprint density at radius 2 is 2.33 bits per heavy atom. The first-order valence-electron chi connectivity index (χ1n) is 5.17. The minimum atomic E-state index is -2.21. The Balaban J connectivity index is 2.53. The van der Waals surface area contributed by atoms with Crippen LogP contribution in [0.4, 0.5) is 5.82 Å². The maximum Gasteiger partial charge on any atom is 0.155 e. The van der Waals surface area contributed by atoms with Crippen molar-refractivity contribution in [3.63, 3.8) is 0 Å². The quantitative estimate of drug-likeness (QED) is 0.694. The van der Waals surface area contributed by atoms with Gasteiger partial charge in [0.25, 0.3) is 0 Å². The van der Waals surface area contributed by atoms with Gasteiger partial charge in [-0.05, 0) is 12.1 Å². The molecule has 1 heterocycles. The normalized spacial score (nSPS) is 15.2. The molecule has 0 saturated carbocycles. The van der Waals surface area contributed by atoms with Crippen LogP contribution < -0.4 is 5.32 Å². The lowest BCUT2D eigenvalue weighted by Crippen LogP contribution is -1.92. The standard InChI is InChI=1S/C9H11N3/c1-10-9-7-5-3-4-6-8(7)12(2)11-9/h3-6H,1-2H3,(H,10,11)/i1D3. The van der Waals surface area contributed by atoms with Gasteiger partial charge in [0.15, 0.2) is 5.82 Å². The van der Waals surface area contributed by atoms with E-state index in [1.807, 2.05) is 24.3 Å². The van der Waals surface area contributed by atoms with Crippen LogP contribution in [-0.4, -0.2) is 16.8 Å². The number of anilines is 1. The number of nitrogens with zero attached hydrogens (tertiary/aromatic N) is 2. The first-order valence-corrected chi connectivity index (χ1v) is 3.67.